The summed E-state index contributed by atoms with van der Waals surface area (Å²) in [6.07, 6.45) is 1.73. The number of hydrogen-bond donors (Lipinski definition) is 0. The Hall–Kier alpha value is -3.14. The van der Waals surface area contributed by atoms with Crippen molar-refractivity contribution in [2.24, 2.45) is 0 Å². The Balaban J connectivity index is 1.39. The molecular weight excluding hydrogens is 406 g/mol. The van der Waals surface area contributed by atoms with Crippen LogP contribution in [0.25, 0.3) is 10.8 Å². The smallest absolute Gasteiger partial charge is 0.127 e. The van der Waals surface area contributed by atoms with E-state index in [1.165, 1.54) is 16.5 Å². The van der Waals surface area contributed by atoms with Crippen LogP contribution in [-0.4, -0.2) is 32.2 Å². The summed E-state index contributed by atoms with van der Waals surface area (Å²) in [6.45, 7) is 1.29. The van der Waals surface area contributed by atoms with Crippen LogP contribution in [0.5, 0.6) is 5.75 Å². The van der Waals surface area contributed by atoms with Crippen LogP contribution >= 0.6 is 0 Å². The molecule has 0 bridgehead atoms. The lowest BCUT2D eigenvalue weighted by atomic mass is 10.0. The third-order valence-electron chi connectivity index (χ3n) is 6.08. The first kappa shape index (κ1) is 23.0. The van der Waals surface area contributed by atoms with E-state index < -0.39 is 0 Å². The molecule has 0 fully saturated rings. The van der Waals surface area contributed by atoms with Gasteiger partial charge in [-0.25, -0.2) is 0 Å². The minimum atomic E-state index is -0.000220. The molecule has 4 aromatic carbocycles. The van der Waals surface area contributed by atoms with E-state index in [-0.39, 0.29) is 6.10 Å². The topological polar surface area (TPSA) is 21.7 Å². The highest BCUT2D eigenvalue weighted by molar-refractivity contribution is 5.88. The van der Waals surface area contributed by atoms with Gasteiger partial charge in [-0.15, -0.1) is 0 Å². The first-order valence-corrected chi connectivity index (χ1v) is 11.7. The van der Waals surface area contributed by atoms with Gasteiger partial charge in [0.15, 0.2) is 0 Å². The van der Waals surface area contributed by atoms with E-state index in [4.69, 9.17) is 9.47 Å². The van der Waals surface area contributed by atoms with E-state index in [0.717, 1.165) is 24.0 Å². The fourth-order valence-electron chi connectivity index (χ4n) is 4.33. The van der Waals surface area contributed by atoms with E-state index in [1.54, 1.807) is 0 Å². The lowest BCUT2D eigenvalue weighted by molar-refractivity contribution is 0.0263. The van der Waals surface area contributed by atoms with E-state index in [9.17, 15) is 0 Å². The summed E-state index contributed by atoms with van der Waals surface area (Å²) in [5, 5.41) is 2.34. The molecule has 0 saturated carbocycles. The summed E-state index contributed by atoms with van der Waals surface area (Å²) in [5.74, 6) is 0.927. The molecule has 0 aliphatic rings. The van der Waals surface area contributed by atoms with E-state index >= 15 is 0 Å². The Morgan fingerprint density at radius 3 is 2.00 bits per heavy atom. The van der Waals surface area contributed by atoms with Crippen molar-refractivity contribution >= 4 is 10.8 Å². The van der Waals surface area contributed by atoms with Gasteiger partial charge >= 0.3 is 0 Å². The summed E-state index contributed by atoms with van der Waals surface area (Å²) in [4.78, 5) is 2.26. The van der Waals surface area contributed by atoms with Crippen molar-refractivity contribution in [3.8, 4) is 5.75 Å². The first-order chi connectivity index (χ1) is 16.2. The SMILES string of the molecule is CN(C)[C@@H](CCO[C@H](CCOc1cccc2ccccc12)c1ccccc1)c1ccccc1. The number of benzene rings is 4. The van der Waals surface area contributed by atoms with Crippen LogP contribution in [0.15, 0.2) is 103 Å². The normalized spacial score (nSPS) is 13.2. The molecule has 0 heterocycles. The van der Waals surface area contributed by atoms with Crippen molar-refractivity contribution < 1.29 is 9.47 Å². The van der Waals surface area contributed by atoms with Gasteiger partial charge in [0, 0.05) is 24.5 Å². The summed E-state index contributed by atoms with van der Waals surface area (Å²) in [7, 11) is 4.26. The van der Waals surface area contributed by atoms with Crippen LogP contribution < -0.4 is 4.74 Å². The molecule has 4 rings (SSSR count). The number of hydrogen-bond acceptors (Lipinski definition) is 3. The molecule has 0 aromatic heterocycles. The molecule has 3 heteroatoms. The van der Waals surface area contributed by atoms with Gasteiger partial charge in [0.05, 0.1) is 12.7 Å². The zero-order valence-corrected chi connectivity index (χ0v) is 19.6. The van der Waals surface area contributed by atoms with Crippen molar-refractivity contribution in [2.75, 3.05) is 27.3 Å². The minimum Gasteiger partial charge on any atom is -0.493 e. The molecule has 0 saturated heterocycles. The molecule has 0 amide bonds. The number of rotatable bonds is 11. The predicted molar refractivity (Wildman–Crippen MR) is 137 cm³/mol. The molecule has 0 unspecified atom stereocenters. The standard InChI is InChI=1S/C30H33NO2/c1-31(2)28(25-13-5-3-6-14-25)20-22-32-29(26-15-7-4-8-16-26)21-23-33-30-19-11-17-24-12-9-10-18-27(24)30/h3-19,28-29H,20-23H2,1-2H3/t28-,29+/m0/s1. The lowest BCUT2D eigenvalue weighted by Crippen LogP contribution is -2.22. The average molecular weight is 440 g/mol. The van der Waals surface area contributed by atoms with Crippen molar-refractivity contribution in [1.29, 1.82) is 0 Å². The molecule has 0 aliphatic heterocycles. The molecule has 170 valence electrons. The molecule has 2 atom stereocenters. The number of ether oxygens (including phenoxy) is 2. The fourth-order valence-corrected chi connectivity index (χ4v) is 4.33. The third-order valence-corrected chi connectivity index (χ3v) is 6.08. The quantitative estimate of drug-likeness (QED) is 0.250. The zero-order chi connectivity index (χ0) is 22.9. The molecule has 0 aliphatic carbocycles. The van der Waals surface area contributed by atoms with Crippen molar-refractivity contribution in [3.05, 3.63) is 114 Å². The second kappa shape index (κ2) is 11.6. The molecular formula is C30H33NO2. The van der Waals surface area contributed by atoms with E-state index in [2.05, 4.69) is 104 Å². The van der Waals surface area contributed by atoms with Crippen LogP contribution in [0, 0.1) is 0 Å². The monoisotopic (exact) mass is 439 g/mol. The van der Waals surface area contributed by atoms with Crippen LogP contribution in [0.1, 0.15) is 36.1 Å². The molecule has 0 spiro atoms. The van der Waals surface area contributed by atoms with Crippen molar-refractivity contribution in [3.63, 3.8) is 0 Å². The summed E-state index contributed by atoms with van der Waals surface area (Å²) in [5.41, 5.74) is 2.52. The maximum absolute atomic E-state index is 6.45. The van der Waals surface area contributed by atoms with Crippen LogP contribution in [0.3, 0.4) is 0 Å². The van der Waals surface area contributed by atoms with Gasteiger partial charge in [-0.05, 0) is 43.1 Å². The van der Waals surface area contributed by atoms with Gasteiger partial charge in [-0.3, -0.25) is 0 Å². The van der Waals surface area contributed by atoms with Crippen LogP contribution in [0.4, 0.5) is 0 Å². The van der Waals surface area contributed by atoms with Gasteiger partial charge in [0.25, 0.3) is 0 Å². The number of fused-ring (bicyclic) bond motifs is 1. The zero-order valence-electron chi connectivity index (χ0n) is 19.6. The lowest BCUT2D eigenvalue weighted by Gasteiger charge is -2.26. The molecule has 0 radical (unpaired) electrons. The van der Waals surface area contributed by atoms with E-state index in [0.29, 0.717) is 19.3 Å². The Morgan fingerprint density at radius 1 is 0.636 bits per heavy atom. The van der Waals surface area contributed by atoms with Crippen LogP contribution in [-0.2, 0) is 4.74 Å². The summed E-state index contributed by atoms with van der Waals surface area (Å²) in [6, 6.07) is 36.0. The van der Waals surface area contributed by atoms with Crippen molar-refractivity contribution in [2.45, 2.75) is 25.0 Å². The Morgan fingerprint density at radius 2 is 1.27 bits per heavy atom. The minimum absolute atomic E-state index is 0.000220. The van der Waals surface area contributed by atoms with Gasteiger partial charge < -0.3 is 14.4 Å². The van der Waals surface area contributed by atoms with E-state index in [1.807, 2.05) is 18.2 Å². The molecule has 33 heavy (non-hydrogen) atoms. The molecule has 4 aromatic rings. The molecule has 3 nitrogen and oxygen atoms in total. The summed E-state index contributed by atoms with van der Waals surface area (Å²) >= 11 is 0. The Kier molecular flexibility index (Phi) is 8.13. The first-order valence-electron chi connectivity index (χ1n) is 11.7. The predicted octanol–water partition coefficient (Wildman–Crippen LogP) is 7.06. The highest BCUT2D eigenvalue weighted by atomic mass is 16.5. The Bertz CT molecular complexity index is 1110. The largest absolute Gasteiger partial charge is 0.493 e. The van der Waals surface area contributed by atoms with Gasteiger partial charge in [0.1, 0.15) is 5.75 Å². The number of nitrogens with zero attached hydrogens (tertiary/aromatic N) is 1. The highest BCUT2D eigenvalue weighted by Crippen LogP contribution is 2.28. The second-order valence-electron chi connectivity index (χ2n) is 8.56. The van der Waals surface area contributed by atoms with Gasteiger partial charge in [0.2, 0.25) is 0 Å². The average Bonchev–Trinajstić information content (AvgIpc) is 2.86. The maximum atomic E-state index is 6.45. The van der Waals surface area contributed by atoms with Gasteiger partial charge in [-0.1, -0.05) is 97.1 Å². The maximum Gasteiger partial charge on any atom is 0.127 e. The second-order valence-corrected chi connectivity index (χ2v) is 8.56. The van der Waals surface area contributed by atoms with Crippen LogP contribution in [0.2, 0.25) is 0 Å². The third kappa shape index (κ3) is 6.22. The fraction of sp³-hybridized carbons (Fsp3) is 0.267. The molecule has 0 N–H and O–H groups in total. The van der Waals surface area contributed by atoms with Crippen molar-refractivity contribution in [1.82, 2.24) is 4.90 Å². The highest BCUT2D eigenvalue weighted by Gasteiger charge is 2.17. The summed E-state index contributed by atoms with van der Waals surface area (Å²) < 4.78 is 12.7. The Labute approximate surface area is 197 Å². The van der Waals surface area contributed by atoms with Gasteiger partial charge in [-0.2, -0.15) is 0 Å².